The number of hydrogen-bond donors (Lipinski definition) is 1. The fraction of sp³-hybridized carbons (Fsp3) is 0.318. The van der Waals surface area contributed by atoms with Crippen molar-refractivity contribution in [3.8, 4) is 11.3 Å². The minimum Gasteiger partial charge on any atom is -0.464 e. The number of nitrogens with zero attached hydrogens (tertiary/aromatic N) is 2. The molecule has 1 aliphatic carbocycles. The second kappa shape index (κ2) is 6.92. The van der Waals surface area contributed by atoms with Gasteiger partial charge in [-0.15, -0.1) is 0 Å². The van der Waals surface area contributed by atoms with Crippen LogP contribution in [0.3, 0.4) is 0 Å². The SMILES string of the molecule is CC(=O)OCCNc1cc(N2CCCC2)c2noc3c2c1C(=O)c1ccccc1-3. The number of carbonyl (C=O) groups excluding carboxylic acids is 2. The number of ketones is 1. The van der Waals surface area contributed by atoms with Crippen molar-refractivity contribution in [2.75, 3.05) is 36.5 Å². The topological polar surface area (TPSA) is 84.7 Å². The zero-order valence-electron chi connectivity index (χ0n) is 16.2. The van der Waals surface area contributed by atoms with Gasteiger partial charge in [0.2, 0.25) is 0 Å². The number of rotatable bonds is 5. The molecule has 0 atom stereocenters. The van der Waals surface area contributed by atoms with Crippen LogP contribution in [0.25, 0.3) is 22.2 Å². The van der Waals surface area contributed by atoms with Crippen LogP contribution in [-0.4, -0.2) is 43.2 Å². The van der Waals surface area contributed by atoms with Crippen LogP contribution in [0, 0.1) is 0 Å². The zero-order chi connectivity index (χ0) is 20.0. The van der Waals surface area contributed by atoms with E-state index in [1.165, 1.54) is 6.92 Å². The highest BCUT2D eigenvalue weighted by atomic mass is 16.5. The molecule has 0 unspecified atom stereocenters. The maximum atomic E-state index is 13.4. The summed E-state index contributed by atoms with van der Waals surface area (Å²) in [6.45, 7) is 3.92. The van der Waals surface area contributed by atoms with E-state index < -0.39 is 0 Å². The molecule has 1 aliphatic heterocycles. The van der Waals surface area contributed by atoms with Crippen LogP contribution in [0.2, 0.25) is 0 Å². The molecule has 29 heavy (non-hydrogen) atoms. The summed E-state index contributed by atoms with van der Waals surface area (Å²) in [5, 5.41) is 8.41. The van der Waals surface area contributed by atoms with Gasteiger partial charge in [0.25, 0.3) is 0 Å². The van der Waals surface area contributed by atoms with E-state index in [1.54, 1.807) is 0 Å². The summed E-state index contributed by atoms with van der Waals surface area (Å²) >= 11 is 0. The Morgan fingerprint density at radius 3 is 2.76 bits per heavy atom. The second-order valence-corrected chi connectivity index (χ2v) is 7.39. The van der Waals surface area contributed by atoms with Crippen LogP contribution in [0.4, 0.5) is 11.4 Å². The summed E-state index contributed by atoms with van der Waals surface area (Å²) < 4.78 is 10.8. The van der Waals surface area contributed by atoms with Gasteiger partial charge in [0.15, 0.2) is 11.5 Å². The molecule has 0 saturated carbocycles. The van der Waals surface area contributed by atoms with Crippen LogP contribution in [-0.2, 0) is 9.53 Å². The van der Waals surface area contributed by atoms with Crippen molar-refractivity contribution in [3.63, 3.8) is 0 Å². The van der Waals surface area contributed by atoms with Gasteiger partial charge in [-0.2, -0.15) is 0 Å². The Morgan fingerprint density at radius 1 is 1.24 bits per heavy atom. The predicted molar refractivity (Wildman–Crippen MR) is 109 cm³/mol. The first-order valence-corrected chi connectivity index (χ1v) is 9.88. The molecule has 7 heteroatoms. The summed E-state index contributed by atoms with van der Waals surface area (Å²) in [5.41, 5.74) is 4.37. The molecule has 1 fully saturated rings. The van der Waals surface area contributed by atoms with Crippen molar-refractivity contribution < 1.29 is 18.8 Å². The lowest BCUT2D eigenvalue weighted by atomic mass is 9.86. The Labute approximate surface area is 167 Å². The minimum atomic E-state index is -0.326. The average molecular weight is 391 g/mol. The summed E-state index contributed by atoms with van der Waals surface area (Å²) in [6.07, 6.45) is 2.26. The number of aromatic nitrogens is 1. The van der Waals surface area contributed by atoms with E-state index in [0.717, 1.165) is 53.8 Å². The number of anilines is 2. The van der Waals surface area contributed by atoms with E-state index in [4.69, 9.17) is 9.26 Å². The molecule has 7 nitrogen and oxygen atoms in total. The van der Waals surface area contributed by atoms with Crippen molar-refractivity contribution in [3.05, 3.63) is 41.5 Å². The number of esters is 1. The van der Waals surface area contributed by atoms with Crippen molar-refractivity contribution >= 4 is 34.0 Å². The molecule has 1 saturated heterocycles. The first-order chi connectivity index (χ1) is 14.1. The normalized spacial score (nSPS) is 14.9. The van der Waals surface area contributed by atoms with Crippen LogP contribution < -0.4 is 10.2 Å². The second-order valence-electron chi connectivity index (χ2n) is 7.39. The summed E-state index contributed by atoms with van der Waals surface area (Å²) in [6, 6.07) is 9.43. The number of nitrogens with one attached hydrogen (secondary N) is 1. The van der Waals surface area contributed by atoms with Crippen molar-refractivity contribution in [2.45, 2.75) is 19.8 Å². The summed E-state index contributed by atoms with van der Waals surface area (Å²) in [7, 11) is 0. The highest BCUT2D eigenvalue weighted by Crippen LogP contribution is 2.46. The molecule has 5 rings (SSSR count). The fourth-order valence-corrected chi connectivity index (χ4v) is 4.26. The van der Waals surface area contributed by atoms with Gasteiger partial charge in [-0.05, 0) is 18.9 Å². The molecule has 1 aromatic heterocycles. The highest BCUT2D eigenvalue weighted by Gasteiger charge is 2.33. The molecule has 0 radical (unpaired) electrons. The Hall–Kier alpha value is -3.35. The lowest BCUT2D eigenvalue weighted by Gasteiger charge is -2.23. The molecule has 3 aromatic rings. The zero-order valence-corrected chi connectivity index (χ0v) is 16.2. The number of ether oxygens (including phenoxy) is 1. The largest absolute Gasteiger partial charge is 0.464 e. The quantitative estimate of drug-likeness (QED) is 0.411. The molecule has 0 bridgehead atoms. The van der Waals surface area contributed by atoms with E-state index in [9.17, 15) is 9.59 Å². The Bertz CT molecular complexity index is 1130. The third-order valence-electron chi connectivity index (χ3n) is 5.55. The molecule has 0 spiro atoms. The summed E-state index contributed by atoms with van der Waals surface area (Å²) in [5.74, 6) is 0.256. The van der Waals surface area contributed by atoms with E-state index in [-0.39, 0.29) is 18.4 Å². The van der Waals surface area contributed by atoms with E-state index in [1.807, 2.05) is 30.3 Å². The van der Waals surface area contributed by atoms with Crippen LogP contribution in [0.5, 0.6) is 0 Å². The van der Waals surface area contributed by atoms with Gasteiger partial charge < -0.3 is 19.5 Å². The van der Waals surface area contributed by atoms with Gasteiger partial charge in [0, 0.05) is 43.4 Å². The molecule has 1 N–H and O–H groups in total. The number of benzene rings is 2. The third-order valence-corrected chi connectivity index (χ3v) is 5.55. The monoisotopic (exact) mass is 391 g/mol. The van der Waals surface area contributed by atoms with Crippen molar-refractivity contribution in [2.24, 2.45) is 0 Å². The lowest BCUT2D eigenvalue weighted by molar-refractivity contribution is -0.140. The molecular weight excluding hydrogens is 370 g/mol. The smallest absolute Gasteiger partial charge is 0.302 e. The van der Waals surface area contributed by atoms with Gasteiger partial charge in [-0.1, -0.05) is 29.4 Å². The minimum absolute atomic E-state index is 0.0516. The number of carbonyl (C=O) groups is 2. The highest BCUT2D eigenvalue weighted by molar-refractivity contribution is 6.28. The van der Waals surface area contributed by atoms with Gasteiger partial charge in [0.05, 0.1) is 16.6 Å². The molecule has 2 heterocycles. The van der Waals surface area contributed by atoms with Crippen molar-refractivity contribution in [1.29, 1.82) is 0 Å². The van der Waals surface area contributed by atoms with Gasteiger partial charge in [-0.25, -0.2) is 0 Å². The number of hydrogen-bond acceptors (Lipinski definition) is 7. The molecule has 0 amide bonds. The van der Waals surface area contributed by atoms with Gasteiger partial charge in [-0.3, -0.25) is 9.59 Å². The van der Waals surface area contributed by atoms with E-state index in [2.05, 4.69) is 15.4 Å². The van der Waals surface area contributed by atoms with Gasteiger partial charge in [0.1, 0.15) is 12.1 Å². The Balaban J connectivity index is 1.67. The van der Waals surface area contributed by atoms with E-state index >= 15 is 0 Å². The fourth-order valence-electron chi connectivity index (χ4n) is 4.26. The maximum Gasteiger partial charge on any atom is 0.302 e. The molecule has 148 valence electrons. The van der Waals surface area contributed by atoms with E-state index in [0.29, 0.717) is 23.4 Å². The Kier molecular flexibility index (Phi) is 4.23. The van der Waals surface area contributed by atoms with Crippen molar-refractivity contribution in [1.82, 2.24) is 5.16 Å². The first kappa shape index (κ1) is 17.7. The summed E-state index contributed by atoms with van der Waals surface area (Å²) in [4.78, 5) is 26.7. The maximum absolute atomic E-state index is 13.4. The molecular formula is C22H21N3O4. The van der Waals surface area contributed by atoms with Crippen LogP contribution >= 0.6 is 0 Å². The standard InChI is InChI=1S/C22H21N3O4/c1-13(26)28-11-8-23-16-12-17(25-9-4-5-10-25)20-19-18(16)21(27)14-6-2-3-7-15(14)22(19)29-24-20/h2-3,6-7,12,23H,4-5,8-11H2,1H3. The van der Waals surface area contributed by atoms with Crippen LogP contribution in [0.15, 0.2) is 34.9 Å². The lowest BCUT2D eigenvalue weighted by Crippen LogP contribution is -2.21. The number of fused-ring (bicyclic) bond motifs is 2. The predicted octanol–water partition coefficient (Wildman–Crippen LogP) is 3.61. The molecule has 2 aliphatic rings. The molecule has 2 aromatic carbocycles. The third kappa shape index (κ3) is 2.85. The first-order valence-electron chi connectivity index (χ1n) is 9.88. The van der Waals surface area contributed by atoms with Gasteiger partial charge >= 0.3 is 5.97 Å². The Morgan fingerprint density at radius 2 is 2.00 bits per heavy atom. The van der Waals surface area contributed by atoms with Crippen LogP contribution in [0.1, 0.15) is 35.7 Å². The average Bonchev–Trinajstić information content (AvgIpc) is 3.40.